The number of amides is 1. The summed E-state index contributed by atoms with van der Waals surface area (Å²) in [6.07, 6.45) is 0.0328. The van der Waals surface area contributed by atoms with Crippen molar-refractivity contribution in [3.05, 3.63) is 81.0 Å². The molecule has 1 atom stereocenters. The summed E-state index contributed by atoms with van der Waals surface area (Å²) in [6, 6.07) is 8.89. The highest BCUT2D eigenvalue weighted by molar-refractivity contribution is 6.05. The zero-order chi connectivity index (χ0) is 25.4. The summed E-state index contributed by atoms with van der Waals surface area (Å²) in [5, 5.41) is 9.38. The third-order valence-electron chi connectivity index (χ3n) is 5.38. The van der Waals surface area contributed by atoms with Gasteiger partial charge in [0.25, 0.3) is 5.56 Å². The van der Waals surface area contributed by atoms with Crippen LogP contribution >= 0.6 is 0 Å². The average molecular weight is 476 g/mol. The second-order valence-corrected chi connectivity index (χ2v) is 7.81. The lowest BCUT2D eigenvalue weighted by atomic mass is 10.00. The number of anilines is 2. The topological polar surface area (TPSA) is 180 Å². The first-order valence-corrected chi connectivity index (χ1v) is 10.2. The molecule has 0 fully saturated rings. The number of nitriles is 1. The molecule has 0 saturated heterocycles. The van der Waals surface area contributed by atoms with Gasteiger partial charge in [-0.3, -0.25) is 14.2 Å². The van der Waals surface area contributed by atoms with Crippen LogP contribution < -0.4 is 22.8 Å². The van der Waals surface area contributed by atoms with E-state index in [1.54, 1.807) is 6.92 Å². The van der Waals surface area contributed by atoms with Crippen LogP contribution in [0.5, 0.6) is 0 Å². The number of carbonyl (C=O) groups is 1. The van der Waals surface area contributed by atoms with Gasteiger partial charge in [0, 0.05) is 18.4 Å². The fraction of sp³-hybridized carbons (Fsp3) is 0.130. The average Bonchev–Trinajstić information content (AvgIpc) is 2.77. The van der Waals surface area contributed by atoms with Gasteiger partial charge in [-0.1, -0.05) is 13.0 Å². The largest absolute Gasteiger partial charge is 0.382 e. The number of nitrogens with zero attached hydrogens (tertiary/aromatic N) is 5. The second-order valence-electron chi connectivity index (χ2n) is 7.81. The van der Waals surface area contributed by atoms with Crippen LogP contribution in [0.25, 0.3) is 16.6 Å². The van der Waals surface area contributed by atoms with E-state index in [2.05, 4.69) is 15.0 Å². The number of nitrogens with two attached hydrogens (primary N) is 3. The number of primary amides is 1. The Morgan fingerprint density at radius 3 is 2.46 bits per heavy atom. The van der Waals surface area contributed by atoms with Gasteiger partial charge in [-0.15, -0.1) is 0 Å². The van der Waals surface area contributed by atoms with E-state index in [1.165, 1.54) is 18.2 Å². The lowest BCUT2D eigenvalue weighted by Gasteiger charge is -2.20. The van der Waals surface area contributed by atoms with Crippen LogP contribution in [0.3, 0.4) is 0 Å². The molecule has 12 heteroatoms. The Morgan fingerprint density at radius 2 is 1.83 bits per heavy atom. The fourth-order valence-corrected chi connectivity index (χ4v) is 3.90. The molecular weight excluding hydrogens is 458 g/mol. The monoisotopic (exact) mass is 476 g/mol. The van der Waals surface area contributed by atoms with Crippen LogP contribution in [0.15, 0.2) is 41.2 Å². The van der Waals surface area contributed by atoms with Gasteiger partial charge in [0.1, 0.15) is 34.9 Å². The van der Waals surface area contributed by atoms with Crippen LogP contribution in [0.2, 0.25) is 0 Å². The molecule has 1 amide bonds. The van der Waals surface area contributed by atoms with Crippen molar-refractivity contribution in [3.63, 3.8) is 0 Å². The molecule has 0 radical (unpaired) electrons. The predicted molar refractivity (Wildman–Crippen MR) is 123 cm³/mol. The predicted octanol–water partition coefficient (Wildman–Crippen LogP) is 1.94. The second kappa shape index (κ2) is 8.79. The van der Waals surface area contributed by atoms with Gasteiger partial charge in [0.15, 0.2) is 0 Å². The number of fused-ring (bicyclic) bond motifs is 1. The molecule has 35 heavy (non-hydrogen) atoms. The zero-order valence-corrected chi connectivity index (χ0v) is 18.3. The summed E-state index contributed by atoms with van der Waals surface area (Å²) in [5.41, 5.74) is 16.3. The minimum absolute atomic E-state index is 0.00792. The standard InChI is InChI=1S/C23H18F2N8O2/c1-10(5-17-15(9-26)19(27)32-23(29)31-17)21-30-16-4-2-3-14(20(28)34)18(16)22(35)33(21)13-7-11(24)6-12(25)8-13/h2-4,6-8,10H,5H2,1H3,(H2,28,34)(H4,27,29,31,32). The van der Waals surface area contributed by atoms with E-state index in [0.717, 1.165) is 16.7 Å². The molecule has 0 saturated carbocycles. The molecule has 4 aromatic rings. The number of hydrogen-bond acceptors (Lipinski definition) is 8. The number of hydrogen-bond donors (Lipinski definition) is 3. The van der Waals surface area contributed by atoms with E-state index in [-0.39, 0.29) is 57.4 Å². The lowest BCUT2D eigenvalue weighted by Crippen LogP contribution is -2.28. The van der Waals surface area contributed by atoms with Crippen LogP contribution in [0.1, 0.15) is 40.3 Å². The highest BCUT2D eigenvalue weighted by atomic mass is 19.1. The first-order valence-electron chi connectivity index (χ1n) is 10.2. The quantitative estimate of drug-likeness (QED) is 0.391. The van der Waals surface area contributed by atoms with E-state index in [9.17, 15) is 23.6 Å². The van der Waals surface area contributed by atoms with Crippen LogP contribution in [0, 0.1) is 23.0 Å². The molecule has 0 aliphatic heterocycles. The molecule has 10 nitrogen and oxygen atoms in total. The lowest BCUT2D eigenvalue weighted by molar-refractivity contribution is 0.100. The highest BCUT2D eigenvalue weighted by Crippen LogP contribution is 2.26. The molecule has 6 N–H and O–H groups in total. The smallest absolute Gasteiger partial charge is 0.266 e. The summed E-state index contributed by atoms with van der Waals surface area (Å²) in [5.74, 6) is -3.51. The molecule has 1 unspecified atom stereocenters. The van der Waals surface area contributed by atoms with E-state index < -0.39 is 29.0 Å². The Balaban J connectivity index is 2.01. The molecule has 0 spiro atoms. The Kier molecular flexibility index (Phi) is 5.84. The number of aromatic nitrogens is 4. The molecule has 2 aromatic heterocycles. The van der Waals surface area contributed by atoms with Crippen molar-refractivity contribution in [2.24, 2.45) is 5.73 Å². The maximum Gasteiger partial charge on any atom is 0.266 e. The van der Waals surface area contributed by atoms with E-state index >= 15 is 0 Å². The van der Waals surface area contributed by atoms with Gasteiger partial charge in [-0.25, -0.2) is 18.7 Å². The van der Waals surface area contributed by atoms with Crippen LogP contribution in [-0.4, -0.2) is 25.4 Å². The molecule has 0 aliphatic rings. The number of halogens is 2. The minimum atomic E-state index is -0.920. The van der Waals surface area contributed by atoms with Crippen molar-refractivity contribution in [2.75, 3.05) is 11.5 Å². The summed E-state index contributed by atoms with van der Waals surface area (Å²) in [6.45, 7) is 1.67. The Bertz CT molecular complexity index is 1590. The zero-order valence-electron chi connectivity index (χ0n) is 18.3. The van der Waals surface area contributed by atoms with Gasteiger partial charge in [-0.05, 0) is 24.3 Å². The van der Waals surface area contributed by atoms with Crippen molar-refractivity contribution < 1.29 is 13.6 Å². The molecule has 4 rings (SSSR count). The third-order valence-corrected chi connectivity index (χ3v) is 5.38. The molecule has 2 heterocycles. The number of benzene rings is 2. The number of rotatable bonds is 5. The van der Waals surface area contributed by atoms with Gasteiger partial charge in [-0.2, -0.15) is 10.2 Å². The van der Waals surface area contributed by atoms with Crippen molar-refractivity contribution in [2.45, 2.75) is 19.3 Å². The van der Waals surface area contributed by atoms with Gasteiger partial charge < -0.3 is 17.2 Å². The first kappa shape index (κ1) is 23.2. The third kappa shape index (κ3) is 4.22. The Hall–Kier alpha value is -4.92. The highest BCUT2D eigenvalue weighted by Gasteiger charge is 2.24. The summed E-state index contributed by atoms with van der Waals surface area (Å²) in [7, 11) is 0. The van der Waals surface area contributed by atoms with Crippen LogP contribution in [0.4, 0.5) is 20.5 Å². The first-order chi connectivity index (χ1) is 16.6. The summed E-state index contributed by atoms with van der Waals surface area (Å²) in [4.78, 5) is 38.0. The van der Waals surface area contributed by atoms with Gasteiger partial charge in [0.05, 0.1) is 27.8 Å². The van der Waals surface area contributed by atoms with E-state index in [0.29, 0.717) is 6.07 Å². The Morgan fingerprint density at radius 1 is 1.14 bits per heavy atom. The summed E-state index contributed by atoms with van der Waals surface area (Å²) >= 11 is 0. The van der Waals surface area contributed by atoms with Crippen LogP contribution in [-0.2, 0) is 6.42 Å². The molecule has 0 bridgehead atoms. The van der Waals surface area contributed by atoms with Crippen molar-refractivity contribution in [1.82, 2.24) is 19.5 Å². The summed E-state index contributed by atoms with van der Waals surface area (Å²) < 4.78 is 29.2. The van der Waals surface area contributed by atoms with Gasteiger partial charge in [0.2, 0.25) is 11.9 Å². The Labute approximate surface area is 196 Å². The normalized spacial score (nSPS) is 11.8. The van der Waals surface area contributed by atoms with Gasteiger partial charge >= 0.3 is 0 Å². The maximum absolute atomic E-state index is 14.1. The molecule has 176 valence electrons. The molecule has 0 aliphatic carbocycles. The number of nitrogen functional groups attached to an aromatic ring is 2. The van der Waals surface area contributed by atoms with E-state index in [1.807, 2.05) is 6.07 Å². The maximum atomic E-state index is 14.1. The molecule has 2 aromatic carbocycles. The van der Waals surface area contributed by atoms with Crippen molar-refractivity contribution >= 4 is 28.6 Å². The molecular formula is C23H18F2N8O2. The minimum Gasteiger partial charge on any atom is -0.382 e. The number of carbonyl (C=O) groups excluding carboxylic acids is 1. The van der Waals surface area contributed by atoms with E-state index in [4.69, 9.17) is 17.2 Å². The fourth-order valence-electron chi connectivity index (χ4n) is 3.90. The van der Waals surface area contributed by atoms with Crippen molar-refractivity contribution in [3.8, 4) is 11.8 Å². The van der Waals surface area contributed by atoms with Crippen molar-refractivity contribution in [1.29, 1.82) is 5.26 Å². The SMILES string of the molecule is CC(Cc1nc(N)nc(N)c1C#N)c1nc2cccc(C(N)=O)c2c(=O)n1-c1cc(F)cc(F)c1.